The van der Waals surface area contributed by atoms with Gasteiger partial charge < -0.3 is 0 Å². The number of rotatable bonds is 16. The monoisotopic (exact) mass is 602 g/mol. The molecule has 2 aliphatic rings. The van der Waals surface area contributed by atoms with E-state index in [2.05, 4.69) is 86.7 Å². The van der Waals surface area contributed by atoms with Gasteiger partial charge in [-0.25, -0.2) is 4.39 Å². The lowest BCUT2D eigenvalue weighted by atomic mass is 9.70. The quantitative estimate of drug-likeness (QED) is 0.143. The molecule has 1 heteroatoms. The Morgan fingerprint density at radius 1 is 0.822 bits per heavy atom. The second-order valence-electron chi connectivity index (χ2n) is 13.8. The summed E-state index contributed by atoms with van der Waals surface area (Å²) in [4.78, 5) is 0. The molecule has 45 heavy (non-hydrogen) atoms. The lowest BCUT2D eigenvalue weighted by Crippen LogP contribution is -2.24. The number of hydrogen-bond donors (Lipinski definition) is 0. The summed E-state index contributed by atoms with van der Waals surface area (Å²) in [5.41, 5.74) is 10.1. The van der Waals surface area contributed by atoms with E-state index in [1.807, 2.05) is 12.1 Å². The number of allylic oxidation sites excluding steroid dienone is 5. The van der Waals surface area contributed by atoms with E-state index in [4.69, 9.17) is 0 Å². The van der Waals surface area contributed by atoms with Crippen molar-refractivity contribution in [3.8, 4) is 0 Å². The summed E-state index contributed by atoms with van der Waals surface area (Å²) in [7, 11) is 0. The van der Waals surface area contributed by atoms with Gasteiger partial charge in [0.25, 0.3) is 0 Å². The van der Waals surface area contributed by atoms with Crippen molar-refractivity contribution in [2.45, 2.75) is 116 Å². The van der Waals surface area contributed by atoms with Gasteiger partial charge in [0.2, 0.25) is 0 Å². The van der Waals surface area contributed by atoms with Gasteiger partial charge in [-0.15, -0.1) is 0 Å². The molecule has 3 atom stereocenters. The van der Waals surface area contributed by atoms with Gasteiger partial charge >= 0.3 is 0 Å². The van der Waals surface area contributed by atoms with E-state index in [0.29, 0.717) is 11.8 Å². The zero-order chi connectivity index (χ0) is 31.3. The zero-order valence-corrected chi connectivity index (χ0v) is 28.0. The Labute approximate surface area is 273 Å². The molecule has 3 aromatic carbocycles. The molecule has 0 radical (unpaired) electrons. The highest BCUT2D eigenvalue weighted by Gasteiger charge is 2.30. The molecule has 0 aromatic heterocycles. The van der Waals surface area contributed by atoms with Crippen LogP contribution >= 0.6 is 0 Å². The first-order chi connectivity index (χ1) is 22.1. The van der Waals surface area contributed by atoms with Crippen LogP contribution in [0.5, 0.6) is 0 Å². The second kappa shape index (κ2) is 17.5. The minimum Gasteiger partial charge on any atom is -0.207 e. The topological polar surface area (TPSA) is 0 Å². The van der Waals surface area contributed by atoms with Crippen molar-refractivity contribution >= 4 is 6.08 Å². The Morgan fingerprint density at radius 3 is 2.33 bits per heavy atom. The van der Waals surface area contributed by atoms with Crippen LogP contribution in [0.3, 0.4) is 0 Å². The van der Waals surface area contributed by atoms with Crippen LogP contribution in [-0.2, 0) is 25.7 Å². The third-order valence-corrected chi connectivity index (χ3v) is 10.3. The molecule has 0 N–H and O–H groups in total. The molecule has 0 fully saturated rings. The second-order valence-corrected chi connectivity index (χ2v) is 13.8. The average Bonchev–Trinajstić information content (AvgIpc) is 3.06. The Morgan fingerprint density at radius 2 is 1.58 bits per heavy atom. The molecule has 5 rings (SSSR count). The Kier molecular flexibility index (Phi) is 12.9. The third kappa shape index (κ3) is 10.2. The molecular formula is C44H55F. The third-order valence-electron chi connectivity index (χ3n) is 10.3. The van der Waals surface area contributed by atoms with Crippen LogP contribution in [0.1, 0.15) is 124 Å². The molecule has 0 nitrogen and oxygen atoms in total. The highest BCUT2D eigenvalue weighted by molar-refractivity contribution is 5.53. The molecule has 0 bridgehead atoms. The summed E-state index contributed by atoms with van der Waals surface area (Å²) >= 11 is 0. The number of aryl methyl sites for hydroxylation is 2. The summed E-state index contributed by atoms with van der Waals surface area (Å²) in [5, 5.41) is 0. The van der Waals surface area contributed by atoms with Gasteiger partial charge in [0.15, 0.2) is 0 Å². The van der Waals surface area contributed by atoms with E-state index < -0.39 is 0 Å². The zero-order valence-electron chi connectivity index (χ0n) is 28.0. The molecule has 0 saturated heterocycles. The van der Waals surface area contributed by atoms with Crippen molar-refractivity contribution in [2.24, 2.45) is 11.8 Å². The fourth-order valence-electron chi connectivity index (χ4n) is 7.77. The largest absolute Gasteiger partial charge is 0.207 e. The molecule has 0 aliphatic heterocycles. The minimum atomic E-state index is -0.151. The SMILES string of the molecule is C/C=C\c1ccc2c(c1)CCC(Cc1ccc(F)cc1)C2Cc1ccc(CCCCCC(CCCC)CC2=CCCC=C2)cc1. The predicted molar refractivity (Wildman–Crippen MR) is 192 cm³/mol. The first-order valence-electron chi connectivity index (χ1n) is 18.0. The van der Waals surface area contributed by atoms with Gasteiger partial charge in [-0.2, -0.15) is 0 Å². The van der Waals surface area contributed by atoms with Crippen molar-refractivity contribution < 1.29 is 4.39 Å². The van der Waals surface area contributed by atoms with Gasteiger partial charge in [-0.05, 0) is 128 Å². The van der Waals surface area contributed by atoms with E-state index in [9.17, 15) is 4.39 Å². The van der Waals surface area contributed by atoms with Crippen LogP contribution in [0, 0.1) is 17.7 Å². The highest BCUT2D eigenvalue weighted by atomic mass is 19.1. The van der Waals surface area contributed by atoms with Gasteiger partial charge in [0, 0.05) is 0 Å². The van der Waals surface area contributed by atoms with E-state index in [0.717, 1.165) is 25.2 Å². The molecule has 0 spiro atoms. The number of hydrogen-bond acceptors (Lipinski definition) is 0. The predicted octanol–water partition coefficient (Wildman–Crippen LogP) is 12.6. The van der Waals surface area contributed by atoms with E-state index in [1.54, 1.807) is 17.7 Å². The summed E-state index contributed by atoms with van der Waals surface area (Å²) in [6, 6.07) is 23.8. The number of fused-ring (bicyclic) bond motifs is 1. The molecule has 2 aliphatic carbocycles. The molecule has 0 heterocycles. The number of benzene rings is 3. The van der Waals surface area contributed by atoms with Crippen LogP contribution in [-0.4, -0.2) is 0 Å². The molecular weight excluding hydrogens is 547 g/mol. The lowest BCUT2D eigenvalue weighted by Gasteiger charge is -2.34. The maximum absolute atomic E-state index is 13.6. The Hall–Kier alpha value is -3.19. The molecule has 0 saturated carbocycles. The van der Waals surface area contributed by atoms with Crippen LogP contribution in [0.15, 0.2) is 96.6 Å². The highest BCUT2D eigenvalue weighted by Crippen LogP contribution is 2.41. The molecule has 3 aromatic rings. The van der Waals surface area contributed by atoms with E-state index in [1.165, 1.54) is 110 Å². The fraction of sp³-hybridized carbons (Fsp3) is 0.455. The van der Waals surface area contributed by atoms with Crippen LogP contribution in [0.25, 0.3) is 6.08 Å². The van der Waals surface area contributed by atoms with Crippen LogP contribution < -0.4 is 0 Å². The van der Waals surface area contributed by atoms with E-state index >= 15 is 0 Å². The van der Waals surface area contributed by atoms with E-state index in [-0.39, 0.29) is 5.82 Å². The molecule has 238 valence electrons. The first-order valence-corrected chi connectivity index (χ1v) is 18.0. The van der Waals surface area contributed by atoms with Crippen molar-refractivity contribution in [3.63, 3.8) is 0 Å². The smallest absolute Gasteiger partial charge is 0.123 e. The van der Waals surface area contributed by atoms with Crippen LogP contribution in [0.2, 0.25) is 0 Å². The van der Waals surface area contributed by atoms with Gasteiger partial charge in [-0.3, -0.25) is 0 Å². The maximum atomic E-state index is 13.6. The Balaban J connectivity index is 1.16. The molecule has 3 unspecified atom stereocenters. The normalized spacial score (nSPS) is 18.6. The van der Waals surface area contributed by atoms with Crippen molar-refractivity contribution in [1.29, 1.82) is 0 Å². The fourth-order valence-corrected chi connectivity index (χ4v) is 7.77. The summed E-state index contributed by atoms with van der Waals surface area (Å²) in [6.07, 6.45) is 30.2. The summed E-state index contributed by atoms with van der Waals surface area (Å²) in [6.45, 7) is 4.41. The standard InChI is InChI=1S/C44H55F/c1-3-5-13-36(30-37-16-10-7-11-17-37)15-9-6-8-14-34-18-20-39(21-19-34)33-44-41(32-38-22-27-42(45)28-23-38)26-25-40-31-35(12-4-2)24-29-43(40)44/h4,10,12,16-24,27-29,31,36,41,44H,3,5-9,11,13-15,25-26,30,32-33H2,1-2H3/b12-4-. The van der Waals surface area contributed by atoms with Crippen LogP contribution in [0.4, 0.5) is 4.39 Å². The summed E-state index contributed by atoms with van der Waals surface area (Å²) in [5.74, 6) is 1.73. The first kappa shape index (κ1) is 33.2. The van der Waals surface area contributed by atoms with Gasteiger partial charge in [0.1, 0.15) is 5.82 Å². The number of halogens is 1. The maximum Gasteiger partial charge on any atom is 0.123 e. The number of unbranched alkanes of at least 4 members (excludes halogenated alkanes) is 3. The van der Waals surface area contributed by atoms with Crippen molar-refractivity contribution in [1.82, 2.24) is 0 Å². The van der Waals surface area contributed by atoms with Gasteiger partial charge in [-0.1, -0.05) is 136 Å². The van der Waals surface area contributed by atoms with Gasteiger partial charge in [0.05, 0.1) is 0 Å². The lowest BCUT2D eigenvalue weighted by molar-refractivity contribution is 0.366. The summed E-state index contributed by atoms with van der Waals surface area (Å²) < 4.78 is 13.6. The Bertz CT molecular complexity index is 1400. The van der Waals surface area contributed by atoms with Crippen molar-refractivity contribution in [3.05, 3.63) is 136 Å². The minimum absolute atomic E-state index is 0.151. The molecule has 0 amide bonds. The average molecular weight is 603 g/mol. The van der Waals surface area contributed by atoms with Crippen molar-refractivity contribution in [2.75, 3.05) is 0 Å².